The molecule has 2 amide bonds. The molecular weight excluding hydrogens is 424 g/mol. The fraction of sp³-hybridized carbons (Fsp3) is 0.261. The third kappa shape index (κ3) is 3.99. The van der Waals surface area contributed by atoms with E-state index in [2.05, 4.69) is 25.2 Å². The van der Waals surface area contributed by atoms with Crippen LogP contribution in [-0.2, 0) is 13.0 Å². The zero-order valence-corrected chi connectivity index (χ0v) is 18.4. The molecule has 0 bridgehead atoms. The van der Waals surface area contributed by atoms with Gasteiger partial charge in [0.25, 0.3) is 11.8 Å². The Morgan fingerprint density at radius 1 is 1.03 bits per heavy atom. The second-order valence-electron chi connectivity index (χ2n) is 7.80. The molecule has 1 aromatic carbocycles. The highest BCUT2D eigenvalue weighted by Gasteiger charge is 2.21. The maximum absolute atomic E-state index is 13.1. The van der Waals surface area contributed by atoms with Crippen molar-refractivity contribution in [2.75, 3.05) is 10.6 Å². The molecule has 8 nitrogen and oxygen atoms in total. The maximum atomic E-state index is 13.1. The zero-order valence-electron chi connectivity index (χ0n) is 17.6. The van der Waals surface area contributed by atoms with Crippen molar-refractivity contribution < 1.29 is 9.59 Å². The molecule has 3 aromatic heterocycles. The Bertz CT molecular complexity index is 1290. The number of hydrogen-bond donors (Lipinski definition) is 2. The molecule has 9 heteroatoms. The van der Waals surface area contributed by atoms with Crippen LogP contribution in [0.4, 0.5) is 10.8 Å². The summed E-state index contributed by atoms with van der Waals surface area (Å²) >= 11 is 1.36. The van der Waals surface area contributed by atoms with E-state index >= 15 is 0 Å². The highest BCUT2D eigenvalue weighted by molar-refractivity contribution is 7.13. The lowest BCUT2D eigenvalue weighted by molar-refractivity contribution is 0.102. The number of aromatic nitrogens is 4. The first-order valence-electron chi connectivity index (χ1n) is 10.6. The fourth-order valence-electron chi connectivity index (χ4n) is 3.95. The van der Waals surface area contributed by atoms with Gasteiger partial charge in [0.1, 0.15) is 11.3 Å². The van der Waals surface area contributed by atoms with E-state index in [1.165, 1.54) is 17.8 Å². The van der Waals surface area contributed by atoms with E-state index in [1.54, 1.807) is 41.9 Å². The summed E-state index contributed by atoms with van der Waals surface area (Å²) in [5, 5.41) is 8.01. The van der Waals surface area contributed by atoms with E-state index in [1.807, 2.05) is 6.92 Å². The Labute approximate surface area is 188 Å². The van der Waals surface area contributed by atoms with E-state index in [4.69, 9.17) is 4.98 Å². The van der Waals surface area contributed by atoms with Crippen LogP contribution >= 0.6 is 11.3 Å². The maximum Gasteiger partial charge on any atom is 0.258 e. The van der Waals surface area contributed by atoms with Crippen molar-refractivity contribution in [3.8, 4) is 0 Å². The summed E-state index contributed by atoms with van der Waals surface area (Å²) in [7, 11) is 0. The molecule has 162 valence electrons. The van der Waals surface area contributed by atoms with E-state index in [9.17, 15) is 9.59 Å². The minimum Gasteiger partial charge on any atom is -0.322 e. The molecule has 4 heterocycles. The molecule has 5 rings (SSSR count). The number of nitrogens with zero attached hydrogens (tertiary/aromatic N) is 4. The summed E-state index contributed by atoms with van der Waals surface area (Å²) in [5.74, 6) is 0.512. The van der Waals surface area contributed by atoms with E-state index in [0.29, 0.717) is 27.5 Å². The van der Waals surface area contributed by atoms with Gasteiger partial charge in [-0.15, -0.1) is 11.3 Å². The number of thiazole rings is 1. The lowest BCUT2D eigenvalue weighted by atomic mass is 10.1. The summed E-state index contributed by atoms with van der Waals surface area (Å²) < 4.78 is 2.15. The van der Waals surface area contributed by atoms with Gasteiger partial charge in [-0.3, -0.25) is 14.9 Å². The minimum atomic E-state index is -0.246. The van der Waals surface area contributed by atoms with Crippen LogP contribution in [0.15, 0.2) is 41.9 Å². The van der Waals surface area contributed by atoms with Crippen LogP contribution in [-0.4, -0.2) is 31.3 Å². The first-order valence-corrected chi connectivity index (χ1v) is 11.5. The number of aryl methyl sites for hydroxylation is 3. The smallest absolute Gasteiger partial charge is 0.258 e. The zero-order chi connectivity index (χ0) is 22.1. The second-order valence-corrected chi connectivity index (χ2v) is 8.69. The van der Waals surface area contributed by atoms with Crippen molar-refractivity contribution in [3.63, 3.8) is 0 Å². The number of carbonyl (C=O) groups excluding carboxylic acids is 2. The van der Waals surface area contributed by atoms with Crippen molar-refractivity contribution in [3.05, 3.63) is 64.6 Å². The summed E-state index contributed by atoms with van der Waals surface area (Å²) in [6, 6.07) is 8.54. The predicted molar refractivity (Wildman–Crippen MR) is 124 cm³/mol. The van der Waals surface area contributed by atoms with Gasteiger partial charge >= 0.3 is 0 Å². The van der Waals surface area contributed by atoms with Crippen LogP contribution < -0.4 is 10.6 Å². The molecule has 1 aliphatic rings. The molecule has 2 N–H and O–H groups in total. The topological polar surface area (TPSA) is 102 Å². The Morgan fingerprint density at radius 2 is 1.88 bits per heavy atom. The average molecular weight is 447 g/mol. The number of nitrogens with one attached hydrogen (secondary N) is 2. The first kappa shape index (κ1) is 20.3. The number of hydrogen-bond acceptors (Lipinski definition) is 6. The summed E-state index contributed by atoms with van der Waals surface area (Å²) in [5.41, 5.74) is 3.80. The summed E-state index contributed by atoms with van der Waals surface area (Å²) in [4.78, 5) is 38.9. The van der Waals surface area contributed by atoms with E-state index < -0.39 is 0 Å². The molecule has 0 spiro atoms. The molecule has 0 fully saturated rings. The van der Waals surface area contributed by atoms with Crippen molar-refractivity contribution in [1.29, 1.82) is 0 Å². The third-order valence-corrected chi connectivity index (χ3v) is 6.18. The second kappa shape index (κ2) is 8.51. The van der Waals surface area contributed by atoms with Crippen molar-refractivity contribution in [2.45, 2.75) is 39.2 Å². The molecule has 32 heavy (non-hydrogen) atoms. The van der Waals surface area contributed by atoms with Crippen LogP contribution in [0.25, 0.3) is 11.2 Å². The lowest BCUT2D eigenvalue weighted by Gasteiger charge is -2.09. The quantitative estimate of drug-likeness (QED) is 0.483. The number of carbonyl (C=O) groups is 2. The Morgan fingerprint density at radius 3 is 2.66 bits per heavy atom. The van der Waals surface area contributed by atoms with E-state index in [-0.39, 0.29) is 11.8 Å². The van der Waals surface area contributed by atoms with Gasteiger partial charge in [0.05, 0.1) is 5.56 Å². The van der Waals surface area contributed by atoms with Gasteiger partial charge in [0.2, 0.25) is 0 Å². The highest BCUT2D eigenvalue weighted by atomic mass is 32.1. The molecule has 0 saturated heterocycles. The minimum absolute atomic E-state index is 0.242. The van der Waals surface area contributed by atoms with Gasteiger partial charge in [0.15, 0.2) is 10.8 Å². The van der Waals surface area contributed by atoms with Gasteiger partial charge in [-0.1, -0.05) is 6.42 Å². The largest absolute Gasteiger partial charge is 0.322 e. The lowest BCUT2D eigenvalue weighted by Crippen LogP contribution is -2.14. The summed E-state index contributed by atoms with van der Waals surface area (Å²) in [6.45, 7) is 2.77. The number of pyridine rings is 1. The van der Waals surface area contributed by atoms with Gasteiger partial charge in [-0.05, 0) is 50.1 Å². The third-order valence-electron chi connectivity index (χ3n) is 5.49. The fourth-order valence-corrected chi connectivity index (χ4v) is 4.47. The number of benzene rings is 1. The number of anilines is 2. The Hall–Kier alpha value is -3.59. The monoisotopic (exact) mass is 446 g/mol. The van der Waals surface area contributed by atoms with Crippen molar-refractivity contribution >= 4 is 45.1 Å². The summed E-state index contributed by atoms with van der Waals surface area (Å²) in [6.07, 6.45) is 5.92. The number of imidazole rings is 1. The highest BCUT2D eigenvalue weighted by Crippen LogP contribution is 2.25. The van der Waals surface area contributed by atoms with Gasteiger partial charge < -0.3 is 9.88 Å². The molecule has 0 atom stereocenters. The Kier molecular flexibility index (Phi) is 5.40. The van der Waals surface area contributed by atoms with Gasteiger partial charge in [-0.2, -0.15) is 0 Å². The van der Waals surface area contributed by atoms with Crippen LogP contribution in [0.5, 0.6) is 0 Å². The average Bonchev–Trinajstić information content (AvgIpc) is 3.35. The van der Waals surface area contributed by atoms with Crippen LogP contribution in [0.2, 0.25) is 0 Å². The van der Waals surface area contributed by atoms with Crippen LogP contribution in [0, 0.1) is 6.92 Å². The number of fused-ring (bicyclic) bond motifs is 3. The normalized spacial score (nSPS) is 13.4. The SMILES string of the molecule is Cc1cc(C(=O)Nc2ccc(C(=O)Nc3nccs3)cc2)c2nc3n(c2n1)CCCCC3. The molecule has 0 aliphatic carbocycles. The van der Waals surface area contributed by atoms with Crippen molar-refractivity contribution in [2.24, 2.45) is 0 Å². The molecule has 0 unspecified atom stereocenters. The van der Waals surface area contributed by atoms with Crippen LogP contribution in [0.3, 0.4) is 0 Å². The van der Waals surface area contributed by atoms with Gasteiger partial charge in [-0.25, -0.2) is 15.0 Å². The predicted octanol–water partition coefficient (Wildman–Crippen LogP) is 4.43. The molecule has 0 saturated carbocycles. The van der Waals surface area contributed by atoms with Crippen LogP contribution in [0.1, 0.15) is 51.5 Å². The Balaban J connectivity index is 1.37. The first-order chi connectivity index (χ1) is 15.6. The van der Waals surface area contributed by atoms with Gasteiger partial charge in [0, 0.05) is 41.5 Å². The standard InChI is InChI=1S/C23H22N6O2S/c1-14-13-17(19-20(25-14)29-11-4-2-3-5-18(29)27-19)22(31)26-16-8-6-15(7-9-16)21(30)28-23-24-10-12-32-23/h6-10,12-13H,2-5,11H2,1H3,(H,26,31)(H,24,28,30). The molecular formula is C23H22N6O2S. The van der Waals surface area contributed by atoms with Crippen molar-refractivity contribution in [1.82, 2.24) is 19.5 Å². The number of rotatable bonds is 4. The van der Waals surface area contributed by atoms with E-state index in [0.717, 1.165) is 43.0 Å². The molecule has 1 aliphatic heterocycles. The molecule has 0 radical (unpaired) electrons. The number of amides is 2. The molecule has 4 aromatic rings.